The summed E-state index contributed by atoms with van der Waals surface area (Å²) >= 11 is 14.8. The predicted octanol–water partition coefficient (Wildman–Crippen LogP) is 1.31. The Labute approximate surface area is 222 Å². The van der Waals surface area contributed by atoms with Gasteiger partial charge in [-0.2, -0.15) is 50.5 Å². The number of carboxylic acids is 4. The minimum Gasteiger partial charge on any atom is -0.481 e. The molecule has 0 fully saturated rings. The minimum atomic E-state index is -0.893. The first-order valence-electron chi connectivity index (χ1n) is 9.76. The lowest BCUT2D eigenvalue weighted by atomic mass is 9.88. The summed E-state index contributed by atoms with van der Waals surface area (Å²) in [5, 5.41) is 57.7. The maximum Gasteiger partial charge on any atom is 0.318 e. The highest BCUT2D eigenvalue weighted by molar-refractivity contribution is 7.82. The average molecular weight is 573 g/mol. The van der Waals surface area contributed by atoms with E-state index >= 15 is 0 Å². The molecule has 0 unspecified atom stereocenters. The van der Waals surface area contributed by atoms with Crippen LogP contribution in [0.2, 0.25) is 0 Å². The number of carboxylic acid groups (broad SMARTS) is 4. The number of hydrogen-bond donors (Lipinski definition) is 11. The second kappa shape index (κ2) is 28.4. The first kappa shape index (κ1) is 43.2. The molecule has 0 bridgehead atoms. The summed E-state index contributed by atoms with van der Waals surface area (Å²) in [6.07, 6.45) is 1.06. The summed E-state index contributed by atoms with van der Waals surface area (Å²) in [5.74, 6) is -1.98. The van der Waals surface area contributed by atoms with Crippen LogP contribution in [0.3, 0.4) is 0 Å². The molecule has 7 N–H and O–H groups in total. The molecule has 0 aromatic heterocycles. The zero-order chi connectivity index (χ0) is 28.4. The Morgan fingerprint density at radius 2 is 0.853 bits per heavy atom. The Balaban J connectivity index is -0.000000104. The summed E-state index contributed by atoms with van der Waals surface area (Å²) in [6.45, 7) is 4.41. The van der Waals surface area contributed by atoms with Crippen LogP contribution < -0.4 is 0 Å². The number of aliphatic hydroxyl groups is 3. The smallest absolute Gasteiger partial charge is 0.318 e. The van der Waals surface area contributed by atoms with Crippen LogP contribution in [0.5, 0.6) is 0 Å². The zero-order valence-electron chi connectivity index (χ0n) is 19.6. The molecule has 0 aliphatic carbocycles. The Bertz CT molecular complexity index is 467. The molecule has 11 nitrogen and oxygen atoms in total. The molecule has 0 aromatic rings. The summed E-state index contributed by atoms with van der Waals surface area (Å²) in [5.41, 5.74) is -0.667. The third kappa shape index (κ3) is 41.4. The largest absolute Gasteiger partial charge is 0.481 e. The molecule has 0 spiro atoms. The van der Waals surface area contributed by atoms with Crippen molar-refractivity contribution in [3.8, 4) is 0 Å². The van der Waals surface area contributed by atoms with Crippen LogP contribution in [-0.4, -0.2) is 101 Å². The Hall–Kier alpha value is -0.840. The molecule has 0 radical (unpaired) electrons. The van der Waals surface area contributed by atoms with E-state index in [1.807, 2.05) is 6.92 Å². The lowest BCUT2D eigenvalue weighted by molar-refractivity contribution is -0.139. The zero-order valence-corrected chi connectivity index (χ0v) is 23.2. The Kier molecular flexibility index (Phi) is 36.1. The van der Waals surface area contributed by atoms with E-state index in [2.05, 4.69) is 50.5 Å². The van der Waals surface area contributed by atoms with Crippen molar-refractivity contribution < 1.29 is 54.9 Å². The van der Waals surface area contributed by atoms with E-state index in [9.17, 15) is 19.2 Å². The van der Waals surface area contributed by atoms with Gasteiger partial charge in [-0.3, -0.25) is 19.2 Å². The fraction of sp³-hybridized carbons (Fsp3) is 0.789. The van der Waals surface area contributed by atoms with E-state index in [1.54, 1.807) is 0 Å². The van der Waals surface area contributed by atoms with E-state index in [1.165, 1.54) is 13.8 Å². The third-order valence-corrected chi connectivity index (χ3v) is 4.12. The van der Waals surface area contributed by atoms with Crippen LogP contribution in [0.25, 0.3) is 0 Å². The van der Waals surface area contributed by atoms with Gasteiger partial charge in [0, 0.05) is 22.7 Å². The van der Waals surface area contributed by atoms with Crippen molar-refractivity contribution in [1.29, 1.82) is 0 Å². The van der Waals surface area contributed by atoms with Crippen molar-refractivity contribution in [2.75, 3.05) is 37.1 Å². The van der Waals surface area contributed by atoms with Crippen LogP contribution in [0.1, 0.15) is 46.5 Å². The van der Waals surface area contributed by atoms with Gasteiger partial charge in [-0.15, -0.1) is 0 Å². The third-order valence-electron chi connectivity index (χ3n) is 3.26. The SMILES string of the molecule is CC(C)(S)C(=O)O.CCC(CO)(CO)CO.O=C(O)CCS.O=C(O)CCS.O=C(O)CCS. The molecule has 0 saturated carbocycles. The normalized spacial score (nSPS) is 9.82. The minimum absolute atomic E-state index is 0.156. The number of carbonyl (C=O) groups is 4. The summed E-state index contributed by atoms with van der Waals surface area (Å²) < 4.78 is -0.889. The molecule has 0 aliphatic rings. The van der Waals surface area contributed by atoms with Gasteiger partial charge in [0.1, 0.15) is 4.75 Å². The number of hydrogen-bond acceptors (Lipinski definition) is 11. The van der Waals surface area contributed by atoms with E-state index in [0.29, 0.717) is 23.7 Å². The van der Waals surface area contributed by atoms with Crippen LogP contribution >= 0.6 is 50.5 Å². The Morgan fingerprint density at radius 3 is 0.853 bits per heavy atom. The molecule has 0 amide bonds. The maximum absolute atomic E-state index is 9.94. The molecule has 15 heteroatoms. The standard InChI is InChI=1S/C6H14O3.C4H8O2S.3C3H6O2S/c1-2-6(3-7,4-8)5-9;1-4(2,7)3(5)6;3*4-3(5)1-2-6/h7-9H,2-5H2,1H3;7H,1-2H3,(H,5,6);3*6H,1-2H2,(H,4,5). The second-order valence-corrected chi connectivity index (χ2v) is 9.25. The first-order chi connectivity index (χ1) is 15.5. The molecule has 0 atom stereocenters. The molecule has 0 saturated heterocycles. The predicted molar refractivity (Wildman–Crippen MR) is 143 cm³/mol. The maximum atomic E-state index is 9.94. The topological polar surface area (TPSA) is 210 Å². The molecule has 0 aromatic carbocycles. The molecule has 0 heterocycles. The summed E-state index contributed by atoms with van der Waals surface area (Å²) in [7, 11) is 0. The highest BCUT2D eigenvalue weighted by Crippen LogP contribution is 2.18. The van der Waals surface area contributed by atoms with Gasteiger partial charge in [-0.25, -0.2) is 0 Å². The average Bonchev–Trinajstić information content (AvgIpc) is 2.71. The molecule has 0 rings (SSSR count). The van der Waals surface area contributed by atoms with E-state index in [0.717, 1.165) is 0 Å². The van der Waals surface area contributed by atoms with Crippen LogP contribution in [0, 0.1) is 5.41 Å². The monoisotopic (exact) mass is 572 g/mol. The van der Waals surface area contributed by atoms with Gasteiger partial charge in [0.05, 0.1) is 39.1 Å². The molecule has 0 aliphatic heterocycles. The van der Waals surface area contributed by atoms with Crippen molar-refractivity contribution in [2.45, 2.75) is 51.2 Å². The first-order valence-corrected chi connectivity index (χ1v) is 12.1. The lowest BCUT2D eigenvalue weighted by Gasteiger charge is -2.24. The molecule has 34 heavy (non-hydrogen) atoms. The van der Waals surface area contributed by atoms with Gasteiger partial charge in [0.2, 0.25) is 0 Å². The fourth-order valence-electron chi connectivity index (χ4n) is 0.772. The van der Waals surface area contributed by atoms with Crippen molar-refractivity contribution in [3.05, 3.63) is 0 Å². The molecular weight excluding hydrogens is 532 g/mol. The highest BCUT2D eigenvalue weighted by Gasteiger charge is 2.24. The van der Waals surface area contributed by atoms with Crippen LogP contribution in [-0.2, 0) is 19.2 Å². The number of rotatable bonds is 11. The van der Waals surface area contributed by atoms with Gasteiger partial charge in [-0.05, 0) is 20.3 Å². The van der Waals surface area contributed by atoms with E-state index in [-0.39, 0.29) is 39.1 Å². The summed E-state index contributed by atoms with van der Waals surface area (Å²) in [6, 6.07) is 0. The van der Waals surface area contributed by atoms with Gasteiger partial charge < -0.3 is 35.7 Å². The second-order valence-electron chi connectivity index (χ2n) is 6.79. The van der Waals surface area contributed by atoms with Crippen molar-refractivity contribution in [2.24, 2.45) is 5.41 Å². The van der Waals surface area contributed by atoms with Crippen molar-refractivity contribution >= 4 is 74.4 Å². The quantitative estimate of drug-likeness (QED) is 0.159. The number of aliphatic hydroxyl groups excluding tert-OH is 3. The van der Waals surface area contributed by atoms with Crippen LogP contribution in [0.15, 0.2) is 0 Å². The number of aliphatic carboxylic acids is 4. The van der Waals surface area contributed by atoms with Gasteiger partial charge in [-0.1, -0.05) is 6.92 Å². The van der Waals surface area contributed by atoms with Crippen molar-refractivity contribution in [3.63, 3.8) is 0 Å². The molecule has 206 valence electrons. The van der Waals surface area contributed by atoms with Gasteiger partial charge >= 0.3 is 23.9 Å². The van der Waals surface area contributed by atoms with E-state index in [4.69, 9.17) is 35.7 Å². The van der Waals surface area contributed by atoms with E-state index < -0.39 is 34.0 Å². The van der Waals surface area contributed by atoms with Crippen molar-refractivity contribution in [1.82, 2.24) is 0 Å². The number of thiol groups is 4. The fourth-order valence-corrected chi connectivity index (χ4v) is 1.35. The molecular formula is C19H40O11S4. The van der Waals surface area contributed by atoms with Gasteiger partial charge in [0.25, 0.3) is 0 Å². The highest BCUT2D eigenvalue weighted by atomic mass is 32.1. The van der Waals surface area contributed by atoms with Crippen LogP contribution in [0.4, 0.5) is 0 Å². The lowest BCUT2D eigenvalue weighted by Crippen LogP contribution is -2.32. The van der Waals surface area contributed by atoms with Gasteiger partial charge in [0.15, 0.2) is 0 Å². The Morgan fingerprint density at radius 1 is 0.647 bits per heavy atom. The summed E-state index contributed by atoms with van der Waals surface area (Å²) in [4.78, 5) is 38.6.